The van der Waals surface area contributed by atoms with E-state index in [1.807, 2.05) is 19.1 Å². The molecule has 0 aromatic heterocycles. The van der Waals surface area contributed by atoms with Crippen molar-refractivity contribution in [2.24, 2.45) is 0 Å². The fourth-order valence-corrected chi connectivity index (χ4v) is 2.28. The summed E-state index contributed by atoms with van der Waals surface area (Å²) in [6.45, 7) is 1.95. The van der Waals surface area contributed by atoms with Gasteiger partial charge in [-0.15, -0.1) is 0 Å². The first-order chi connectivity index (χ1) is 12.5. The molecule has 0 radical (unpaired) electrons. The van der Waals surface area contributed by atoms with Gasteiger partial charge in [0.1, 0.15) is 0 Å². The third-order valence-electron chi connectivity index (χ3n) is 3.64. The molecule has 0 bridgehead atoms. The predicted octanol–water partition coefficient (Wildman–Crippen LogP) is 2.98. The van der Waals surface area contributed by atoms with Crippen LogP contribution in [0.3, 0.4) is 0 Å². The van der Waals surface area contributed by atoms with E-state index in [0.29, 0.717) is 5.69 Å². The zero-order valence-electron chi connectivity index (χ0n) is 14.7. The fraction of sp³-hybridized carbons (Fsp3) is 0.150. The molecule has 6 nitrogen and oxygen atoms in total. The van der Waals surface area contributed by atoms with Crippen molar-refractivity contribution in [3.63, 3.8) is 0 Å². The average molecular weight is 353 g/mol. The molecule has 6 heteroatoms. The van der Waals surface area contributed by atoms with Crippen molar-refractivity contribution >= 4 is 29.1 Å². The Morgan fingerprint density at radius 1 is 0.885 bits per heavy atom. The SMILES string of the molecule is COC(=O)/C=C(\C(=O)OC)c1ccccc1C(=O)Nc1ccc(C)cc1. The number of hydrogen-bond acceptors (Lipinski definition) is 5. The van der Waals surface area contributed by atoms with E-state index in [-0.39, 0.29) is 16.7 Å². The standard InChI is InChI=1S/C20H19NO5/c1-13-8-10-14(11-9-13)21-19(23)16-7-5-4-6-15(16)17(20(24)26-3)12-18(22)25-2/h4-12H,1-3H3,(H,21,23)/b17-12-. The van der Waals surface area contributed by atoms with Gasteiger partial charge in [-0.1, -0.05) is 35.9 Å². The highest BCUT2D eigenvalue weighted by atomic mass is 16.5. The highest BCUT2D eigenvalue weighted by molar-refractivity contribution is 6.23. The van der Waals surface area contributed by atoms with E-state index in [9.17, 15) is 14.4 Å². The molecule has 0 aliphatic carbocycles. The van der Waals surface area contributed by atoms with Crippen LogP contribution in [0.1, 0.15) is 21.5 Å². The summed E-state index contributed by atoms with van der Waals surface area (Å²) in [5.41, 5.74) is 2.13. The number of ether oxygens (including phenoxy) is 2. The summed E-state index contributed by atoms with van der Waals surface area (Å²) in [7, 11) is 2.40. The van der Waals surface area contributed by atoms with E-state index in [0.717, 1.165) is 11.6 Å². The van der Waals surface area contributed by atoms with Gasteiger partial charge in [-0.2, -0.15) is 0 Å². The van der Waals surface area contributed by atoms with Crippen LogP contribution in [0.25, 0.3) is 5.57 Å². The van der Waals surface area contributed by atoms with Crippen molar-refractivity contribution in [2.45, 2.75) is 6.92 Å². The van der Waals surface area contributed by atoms with Crippen LogP contribution in [0.2, 0.25) is 0 Å². The van der Waals surface area contributed by atoms with E-state index in [1.54, 1.807) is 36.4 Å². The van der Waals surface area contributed by atoms with Gasteiger partial charge in [0.25, 0.3) is 5.91 Å². The van der Waals surface area contributed by atoms with E-state index in [4.69, 9.17) is 4.74 Å². The molecule has 0 aliphatic heterocycles. The maximum atomic E-state index is 12.7. The Morgan fingerprint density at radius 3 is 2.08 bits per heavy atom. The second-order valence-corrected chi connectivity index (χ2v) is 5.44. The Balaban J connectivity index is 2.43. The number of amides is 1. The zero-order valence-corrected chi connectivity index (χ0v) is 14.7. The average Bonchev–Trinajstić information content (AvgIpc) is 2.67. The van der Waals surface area contributed by atoms with Gasteiger partial charge in [-0.3, -0.25) is 4.79 Å². The minimum Gasteiger partial charge on any atom is -0.466 e. The monoisotopic (exact) mass is 353 g/mol. The lowest BCUT2D eigenvalue weighted by molar-refractivity contribution is -0.136. The van der Waals surface area contributed by atoms with Crippen molar-refractivity contribution < 1.29 is 23.9 Å². The van der Waals surface area contributed by atoms with Gasteiger partial charge >= 0.3 is 11.9 Å². The quantitative estimate of drug-likeness (QED) is 0.660. The third kappa shape index (κ3) is 4.57. The van der Waals surface area contributed by atoms with Gasteiger partial charge in [0, 0.05) is 22.9 Å². The molecule has 2 aromatic rings. The first-order valence-electron chi connectivity index (χ1n) is 7.81. The van der Waals surface area contributed by atoms with E-state index >= 15 is 0 Å². The Labute approximate surface area is 151 Å². The second-order valence-electron chi connectivity index (χ2n) is 5.44. The maximum absolute atomic E-state index is 12.7. The summed E-state index contributed by atoms with van der Waals surface area (Å²) in [4.78, 5) is 36.4. The van der Waals surface area contributed by atoms with Crippen LogP contribution in [0, 0.1) is 6.92 Å². The van der Waals surface area contributed by atoms with Gasteiger partial charge < -0.3 is 14.8 Å². The highest BCUT2D eigenvalue weighted by Gasteiger charge is 2.21. The van der Waals surface area contributed by atoms with Crippen molar-refractivity contribution in [3.8, 4) is 0 Å². The van der Waals surface area contributed by atoms with E-state index in [2.05, 4.69) is 10.1 Å². The van der Waals surface area contributed by atoms with Crippen LogP contribution in [-0.2, 0) is 19.1 Å². The molecule has 26 heavy (non-hydrogen) atoms. The maximum Gasteiger partial charge on any atom is 0.338 e. The van der Waals surface area contributed by atoms with Gasteiger partial charge in [-0.05, 0) is 25.1 Å². The number of esters is 2. The molecule has 0 unspecified atom stereocenters. The minimum absolute atomic E-state index is 0.0611. The molecule has 0 fully saturated rings. The first-order valence-corrected chi connectivity index (χ1v) is 7.81. The van der Waals surface area contributed by atoms with Crippen LogP contribution < -0.4 is 5.32 Å². The summed E-state index contributed by atoms with van der Waals surface area (Å²) in [5.74, 6) is -1.88. The summed E-state index contributed by atoms with van der Waals surface area (Å²) >= 11 is 0. The highest BCUT2D eigenvalue weighted by Crippen LogP contribution is 2.22. The molecule has 0 saturated carbocycles. The number of anilines is 1. The number of methoxy groups -OCH3 is 2. The number of benzene rings is 2. The lowest BCUT2D eigenvalue weighted by Gasteiger charge is -2.12. The zero-order chi connectivity index (χ0) is 19.1. The summed E-state index contributed by atoms with van der Waals surface area (Å²) < 4.78 is 9.31. The molecular formula is C20H19NO5. The molecule has 0 aliphatic rings. The van der Waals surface area contributed by atoms with Gasteiger partial charge in [0.2, 0.25) is 0 Å². The number of rotatable bonds is 5. The molecule has 2 aromatic carbocycles. The Bertz CT molecular complexity index is 853. The molecule has 1 amide bonds. The van der Waals surface area contributed by atoms with Crippen molar-refractivity contribution in [2.75, 3.05) is 19.5 Å². The van der Waals surface area contributed by atoms with Crippen LogP contribution in [-0.4, -0.2) is 32.1 Å². The lowest BCUT2D eigenvalue weighted by Crippen LogP contribution is -2.16. The number of nitrogens with one attached hydrogen (secondary N) is 1. The van der Waals surface area contributed by atoms with E-state index in [1.165, 1.54) is 14.2 Å². The number of hydrogen-bond donors (Lipinski definition) is 1. The molecule has 0 spiro atoms. The van der Waals surface area contributed by atoms with Crippen molar-refractivity contribution in [1.29, 1.82) is 0 Å². The number of aryl methyl sites for hydroxylation is 1. The van der Waals surface area contributed by atoms with Crippen molar-refractivity contribution in [3.05, 3.63) is 71.3 Å². The van der Waals surface area contributed by atoms with Crippen LogP contribution >= 0.6 is 0 Å². The van der Waals surface area contributed by atoms with Gasteiger partial charge in [0.15, 0.2) is 0 Å². The molecule has 134 valence electrons. The Kier molecular flexibility index (Phi) is 6.27. The van der Waals surface area contributed by atoms with Gasteiger partial charge in [-0.25, -0.2) is 9.59 Å². The largest absolute Gasteiger partial charge is 0.466 e. The molecule has 1 N–H and O–H groups in total. The third-order valence-corrected chi connectivity index (χ3v) is 3.64. The molecular weight excluding hydrogens is 334 g/mol. The van der Waals surface area contributed by atoms with E-state index < -0.39 is 17.8 Å². The van der Waals surface area contributed by atoms with Crippen molar-refractivity contribution in [1.82, 2.24) is 0 Å². The Morgan fingerprint density at radius 2 is 1.50 bits per heavy atom. The summed E-state index contributed by atoms with van der Waals surface area (Å²) in [6, 6.07) is 13.8. The van der Waals surface area contributed by atoms with Gasteiger partial charge in [0.05, 0.1) is 19.8 Å². The summed E-state index contributed by atoms with van der Waals surface area (Å²) in [5, 5.41) is 2.77. The van der Waals surface area contributed by atoms with Crippen LogP contribution in [0.15, 0.2) is 54.6 Å². The second kappa shape index (κ2) is 8.62. The smallest absolute Gasteiger partial charge is 0.338 e. The van der Waals surface area contributed by atoms with Crippen LogP contribution in [0.4, 0.5) is 5.69 Å². The normalized spacial score (nSPS) is 10.8. The molecule has 0 heterocycles. The van der Waals surface area contributed by atoms with Crippen LogP contribution in [0.5, 0.6) is 0 Å². The Hall–Kier alpha value is -3.41. The first kappa shape index (κ1) is 18.9. The lowest BCUT2D eigenvalue weighted by atomic mass is 9.98. The number of carbonyl (C=O) groups excluding carboxylic acids is 3. The topological polar surface area (TPSA) is 81.7 Å². The predicted molar refractivity (Wildman–Crippen MR) is 97.6 cm³/mol. The molecule has 0 atom stereocenters. The number of carbonyl (C=O) groups is 3. The fourth-order valence-electron chi connectivity index (χ4n) is 2.28. The molecule has 0 saturated heterocycles. The summed E-state index contributed by atoms with van der Waals surface area (Å²) in [6.07, 6.45) is 1.00. The minimum atomic E-state index is -0.744. The molecule has 2 rings (SSSR count).